The van der Waals surface area contributed by atoms with Crippen molar-refractivity contribution >= 4 is 74.9 Å². The standard InChI is InChI=1S/C27H44N7O19P3S/c1-27(2,21(39)24(40)30-7-6-17(37)29-8-10-57-26(41)15(36)5-3-4-9-35)12-50-56(47,48)53-55(45,46)49-11-16-20(52-54(42,43)44)19(38)25(51-16)34-14-33-18-22(28)31-13-32-23(18)34/h13-14,16,19-21,25,35,38-39H,3-12H2,1-2H3,(H,29,37)(H,30,40)(H,45,46)(H,47,48)(H2,28,31,32)(H2,42,43,44)/t16-,19-,20-,21?,25-/m1/s1. The summed E-state index contributed by atoms with van der Waals surface area (Å²) < 4.78 is 62.0. The summed E-state index contributed by atoms with van der Waals surface area (Å²) in [6.45, 7) is 0.0666. The summed E-state index contributed by atoms with van der Waals surface area (Å²) in [6, 6.07) is 0. The normalized spacial score (nSPS) is 21.4. The van der Waals surface area contributed by atoms with Crippen LogP contribution in [0.2, 0.25) is 0 Å². The Labute approximate surface area is 327 Å². The van der Waals surface area contributed by atoms with Crippen molar-refractivity contribution in [1.82, 2.24) is 30.2 Å². The molecule has 0 aliphatic carbocycles. The van der Waals surface area contributed by atoms with E-state index in [0.717, 1.165) is 29.0 Å². The monoisotopic (exact) mass is 895 g/mol. The fraction of sp³-hybridized carbons (Fsp3) is 0.667. The summed E-state index contributed by atoms with van der Waals surface area (Å²) in [4.78, 5) is 99.0. The first-order chi connectivity index (χ1) is 26.5. The number of aromatic nitrogens is 4. The first-order valence-corrected chi connectivity index (χ1v) is 22.2. The number of anilines is 1. The van der Waals surface area contributed by atoms with Crippen LogP contribution in [0.1, 0.15) is 45.8 Å². The number of hydrogen-bond acceptors (Lipinski definition) is 20. The Bertz CT molecular complexity index is 1880. The molecule has 1 saturated heterocycles. The van der Waals surface area contributed by atoms with Gasteiger partial charge in [-0.1, -0.05) is 25.6 Å². The highest BCUT2D eigenvalue weighted by Gasteiger charge is 2.50. The first-order valence-electron chi connectivity index (χ1n) is 16.7. The van der Waals surface area contributed by atoms with Crippen molar-refractivity contribution in [3.8, 4) is 0 Å². The van der Waals surface area contributed by atoms with Crippen molar-refractivity contribution in [3.05, 3.63) is 12.7 Å². The molecule has 1 fully saturated rings. The molecule has 2 amide bonds. The molecule has 0 saturated carbocycles. The van der Waals surface area contributed by atoms with Gasteiger partial charge in [-0.2, -0.15) is 4.31 Å². The van der Waals surface area contributed by atoms with E-state index in [2.05, 4.69) is 34.4 Å². The second kappa shape index (κ2) is 20.9. The molecule has 0 bridgehead atoms. The van der Waals surface area contributed by atoms with Crippen LogP contribution in [0.15, 0.2) is 12.7 Å². The third kappa shape index (κ3) is 15.1. The highest BCUT2D eigenvalue weighted by molar-refractivity contribution is 8.15. The van der Waals surface area contributed by atoms with Crippen LogP contribution in [0.25, 0.3) is 11.2 Å². The van der Waals surface area contributed by atoms with Crippen LogP contribution in [0, 0.1) is 5.41 Å². The molecule has 0 spiro atoms. The Hall–Kier alpha value is -2.81. The van der Waals surface area contributed by atoms with Gasteiger partial charge in [-0.15, -0.1) is 0 Å². The lowest BCUT2D eigenvalue weighted by Gasteiger charge is -2.30. The van der Waals surface area contributed by atoms with Crippen LogP contribution in [0.3, 0.4) is 0 Å². The summed E-state index contributed by atoms with van der Waals surface area (Å²) in [5.41, 5.74) is 4.20. The number of phosphoric ester groups is 3. The van der Waals surface area contributed by atoms with E-state index in [0.29, 0.717) is 12.8 Å². The van der Waals surface area contributed by atoms with E-state index in [-0.39, 0.29) is 55.3 Å². The minimum atomic E-state index is -5.59. The van der Waals surface area contributed by atoms with E-state index < -0.39 is 95.5 Å². The van der Waals surface area contributed by atoms with Gasteiger partial charge in [-0.25, -0.2) is 28.6 Å². The van der Waals surface area contributed by atoms with Gasteiger partial charge in [0.1, 0.15) is 36.3 Å². The lowest BCUT2D eigenvalue weighted by Crippen LogP contribution is -2.46. The number of nitrogens with zero attached hydrogens (tertiary/aromatic N) is 4. The van der Waals surface area contributed by atoms with Gasteiger partial charge in [0.2, 0.25) is 17.6 Å². The van der Waals surface area contributed by atoms with Crippen molar-refractivity contribution in [3.63, 3.8) is 0 Å². The Balaban J connectivity index is 1.47. The number of amides is 2. The van der Waals surface area contributed by atoms with Gasteiger partial charge in [0.05, 0.1) is 19.5 Å². The number of phosphoric acid groups is 3. The highest BCUT2D eigenvalue weighted by atomic mass is 32.2. The number of carbonyl (C=O) groups is 4. The van der Waals surface area contributed by atoms with Crippen LogP contribution >= 0.6 is 35.2 Å². The number of ether oxygens (including phenoxy) is 1. The Morgan fingerprint density at radius 1 is 1.02 bits per heavy atom. The van der Waals surface area contributed by atoms with E-state index in [1.165, 1.54) is 13.8 Å². The van der Waals surface area contributed by atoms with Crippen LogP contribution in [0.4, 0.5) is 5.82 Å². The lowest BCUT2D eigenvalue weighted by molar-refractivity contribution is -0.137. The quantitative estimate of drug-likeness (QED) is 0.0322. The molecule has 3 heterocycles. The molecule has 0 radical (unpaired) electrons. The molecule has 26 nitrogen and oxygen atoms in total. The number of aliphatic hydroxyl groups excluding tert-OH is 3. The Kier molecular flexibility index (Phi) is 17.8. The van der Waals surface area contributed by atoms with Crippen LogP contribution in [-0.4, -0.2) is 140 Å². The molecular weight excluding hydrogens is 851 g/mol. The minimum absolute atomic E-state index is 0.0103. The van der Waals surface area contributed by atoms with Crippen molar-refractivity contribution < 1.29 is 90.4 Å². The minimum Gasteiger partial charge on any atom is -0.396 e. The molecule has 2 aromatic rings. The molecule has 0 aromatic carbocycles. The molecule has 11 N–H and O–H groups in total. The molecule has 1 aliphatic heterocycles. The smallest absolute Gasteiger partial charge is 0.396 e. The zero-order valence-electron chi connectivity index (χ0n) is 30.3. The molecule has 2 aromatic heterocycles. The number of nitrogen functional groups attached to an aromatic ring is 1. The zero-order valence-corrected chi connectivity index (χ0v) is 33.8. The number of hydrogen-bond donors (Lipinski definition) is 10. The Morgan fingerprint density at radius 2 is 1.70 bits per heavy atom. The summed E-state index contributed by atoms with van der Waals surface area (Å²) >= 11 is 0.724. The van der Waals surface area contributed by atoms with Gasteiger partial charge in [0.15, 0.2) is 17.7 Å². The number of unbranched alkanes of at least 4 members (excludes halogenated alkanes) is 1. The van der Waals surface area contributed by atoms with E-state index in [1.54, 1.807) is 0 Å². The van der Waals surface area contributed by atoms with Gasteiger partial charge in [0.25, 0.3) is 5.12 Å². The fourth-order valence-electron chi connectivity index (χ4n) is 4.85. The average Bonchev–Trinajstić information content (AvgIpc) is 3.68. The van der Waals surface area contributed by atoms with E-state index in [1.807, 2.05) is 0 Å². The maximum Gasteiger partial charge on any atom is 0.481 e. The summed E-state index contributed by atoms with van der Waals surface area (Å²) in [7, 11) is -16.4. The van der Waals surface area contributed by atoms with Gasteiger partial charge in [0, 0.05) is 43.7 Å². The number of Topliss-reactive ketones (excluding diaryl/α,β-unsaturated/α-hetero) is 1. The number of carbonyl (C=O) groups excluding carboxylic acids is 4. The molecule has 7 atom stereocenters. The SMILES string of the molecule is CC(C)(COP(=O)(O)OP(=O)(O)OC[C@H]1O[C@@H](n2cnc3c(N)ncnc32)[C@H](O)[C@@H]1OP(=O)(O)O)C(O)C(=O)NCCC(=O)NCCSC(=O)C(=O)CCCCO. The number of thioether (sulfide) groups is 1. The largest absolute Gasteiger partial charge is 0.481 e. The van der Waals surface area contributed by atoms with Gasteiger partial charge >= 0.3 is 23.5 Å². The molecular formula is C27H44N7O19P3S. The molecule has 30 heteroatoms. The first kappa shape index (κ1) is 48.6. The summed E-state index contributed by atoms with van der Waals surface area (Å²) in [6.07, 6.45) is -6.32. The predicted molar refractivity (Wildman–Crippen MR) is 193 cm³/mol. The zero-order chi connectivity index (χ0) is 42.8. The molecule has 1 aliphatic rings. The lowest BCUT2D eigenvalue weighted by atomic mass is 9.87. The molecule has 3 rings (SSSR count). The van der Waals surface area contributed by atoms with Gasteiger partial charge in [-0.3, -0.25) is 37.3 Å². The number of aliphatic hydroxyl groups is 3. The molecule has 3 unspecified atom stereocenters. The maximum absolute atomic E-state index is 12.7. The van der Waals surface area contributed by atoms with E-state index in [9.17, 15) is 62.7 Å². The van der Waals surface area contributed by atoms with Gasteiger partial charge < -0.3 is 56.0 Å². The molecule has 57 heavy (non-hydrogen) atoms. The fourth-order valence-corrected chi connectivity index (χ4v) is 8.34. The second-order valence-corrected chi connectivity index (χ2v) is 18.1. The summed E-state index contributed by atoms with van der Waals surface area (Å²) in [5.74, 6) is -2.09. The Morgan fingerprint density at radius 3 is 2.37 bits per heavy atom. The average molecular weight is 896 g/mol. The van der Waals surface area contributed by atoms with Crippen molar-refractivity contribution in [2.75, 3.05) is 44.4 Å². The second-order valence-electron chi connectivity index (χ2n) is 12.8. The number of nitrogens with two attached hydrogens (primary N) is 1. The van der Waals surface area contributed by atoms with Crippen LogP contribution in [-0.2, 0) is 55.5 Å². The van der Waals surface area contributed by atoms with Crippen molar-refractivity contribution in [2.24, 2.45) is 5.41 Å². The number of fused-ring (bicyclic) bond motifs is 1. The predicted octanol–water partition coefficient (Wildman–Crippen LogP) is -1.60. The van der Waals surface area contributed by atoms with E-state index in [4.69, 9.17) is 24.6 Å². The molecule has 322 valence electrons. The van der Waals surface area contributed by atoms with Gasteiger partial charge in [-0.05, 0) is 12.8 Å². The third-order valence-corrected chi connectivity index (χ3v) is 11.8. The number of imidazole rings is 1. The topological polar surface area (TPSA) is 401 Å². The van der Waals surface area contributed by atoms with E-state index >= 15 is 0 Å². The van der Waals surface area contributed by atoms with Crippen molar-refractivity contribution in [2.45, 2.75) is 70.2 Å². The maximum atomic E-state index is 12.7. The highest BCUT2D eigenvalue weighted by Crippen LogP contribution is 2.61. The van der Waals surface area contributed by atoms with Crippen LogP contribution in [0.5, 0.6) is 0 Å². The van der Waals surface area contributed by atoms with Crippen LogP contribution < -0.4 is 16.4 Å². The van der Waals surface area contributed by atoms with Crippen molar-refractivity contribution in [1.29, 1.82) is 0 Å². The number of nitrogens with one attached hydrogen (secondary N) is 2. The summed E-state index contributed by atoms with van der Waals surface area (Å²) in [5, 5.41) is 34.3. The third-order valence-electron chi connectivity index (χ3n) is 7.77. The number of rotatable bonds is 24. The number of ketones is 1.